The molecule has 3 aromatic rings. The molecule has 0 unspecified atom stereocenters. The number of nitrogens with one attached hydrogen (secondary N) is 1. The lowest BCUT2D eigenvalue weighted by molar-refractivity contribution is 0.266. The van der Waals surface area contributed by atoms with Gasteiger partial charge < -0.3 is 14.2 Å². The Kier molecular flexibility index (Phi) is 7.21. The van der Waals surface area contributed by atoms with Crippen molar-refractivity contribution in [1.29, 1.82) is 0 Å². The molecule has 0 bridgehead atoms. The second-order valence-corrected chi connectivity index (χ2v) is 8.19. The lowest BCUT2D eigenvalue weighted by atomic mass is 9.89. The van der Waals surface area contributed by atoms with Gasteiger partial charge in [-0.25, -0.2) is 0 Å². The van der Waals surface area contributed by atoms with Crippen molar-refractivity contribution in [2.75, 3.05) is 14.2 Å². The summed E-state index contributed by atoms with van der Waals surface area (Å²) < 4.78 is 19.4. The lowest BCUT2D eigenvalue weighted by Crippen LogP contribution is -2.10. The van der Waals surface area contributed by atoms with Gasteiger partial charge in [0.1, 0.15) is 6.61 Å². The number of ether oxygens (including phenoxy) is 3. The minimum atomic E-state index is 0.381. The Bertz CT molecular complexity index is 1090. The minimum Gasteiger partial charge on any atom is -0.493 e. The maximum absolute atomic E-state index is 6.03. The Morgan fingerprint density at radius 3 is 2.44 bits per heavy atom. The van der Waals surface area contributed by atoms with Crippen LogP contribution in [0.5, 0.6) is 17.2 Å². The van der Waals surface area contributed by atoms with E-state index in [1.54, 1.807) is 25.1 Å². The molecule has 2 aromatic carbocycles. The SMILES string of the molecule is COc1cc(/C=N\n2c(C3CCCCC3)n[nH]c2=S)cc(OC)c1OCc1ccccc1. The normalized spacial score (nSPS) is 14.6. The van der Waals surface area contributed by atoms with E-state index in [0.717, 1.165) is 29.8 Å². The van der Waals surface area contributed by atoms with Crippen LogP contribution in [-0.4, -0.2) is 35.3 Å². The van der Waals surface area contributed by atoms with Crippen LogP contribution >= 0.6 is 12.2 Å². The number of methoxy groups -OCH3 is 2. The Morgan fingerprint density at radius 2 is 1.78 bits per heavy atom. The summed E-state index contributed by atoms with van der Waals surface area (Å²) in [4.78, 5) is 0. The number of nitrogens with zero attached hydrogens (tertiary/aromatic N) is 3. The second kappa shape index (κ2) is 10.5. The van der Waals surface area contributed by atoms with Crippen molar-refractivity contribution in [3.05, 3.63) is 64.2 Å². The third kappa shape index (κ3) is 5.02. The largest absolute Gasteiger partial charge is 0.493 e. The fourth-order valence-corrected chi connectivity index (χ4v) is 4.20. The van der Waals surface area contributed by atoms with E-state index in [4.69, 9.17) is 26.4 Å². The lowest BCUT2D eigenvalue weighted by Gasteiger charge is -2.20. The van der Waals surface area contributed by atoms with Crippen LogP contribution in [0.25, 0.3) is 0 Å². The van der Waals surface area contributed by atoms with Crippen LogP contribution in [0.1, 0.15) is 55.0 Å². The van der Waals surface area contributed by atoms with Gasteiger partial charge in [-0.3, -0.25) is 5.10 Å². The molecular weight excluding hydrogens is 424 g/mol. The fourth-order valence-electron chi connectivity index (χ4n) is 4.01. The number of rotatable bonds is 8. The van der Waals surface area contributed by atoms with Crippen molar-refractivity contribution in [2.24, 2.45) is 5.10 Å². The molecule has 0 spiro atoms. The number of hydrogen-bond acceptors (Lipinski definition) is 6. The van der Waals surface area contributed by atoms with Crippen LogP contribution in [0.3, 0.4) is 0 Å². The van der Waals surface area contributed by atoms with E-state index in [0.29, 0.717) is 34.5 Å². The van der Waals surface area contributed by atoms with Crippen LogP contribution in [0.2, 0.25) is 0 Å². The molecule has 32 heavy (non-hydrogen) atoms. The topological polar surface area (TPSA) is 73.7 Å². The number of H-pyrrole nitrogens is 1. The maximum Gasteiger partial charge on any atom is 0.216 e. The van der Waals surface area contributed by atoms with Crippen molar-refractivity contribution < 1.29 is 14.2 Å². The second-order valence-electron chi connectivity index (χ2n) is 7.81. The van der Waals surface area contributed by atoms with E-state index >= 15 is 0 Å². The van der Waals surface area contributed by atoms with E-state index in [1.807, 2.05) is 42.5 Å². The number of aromatic nitrogens is 3. The van der Waals surface area contributed by atoms with Gasteiger partial charge >= 0.3 is 0 Å². The molecule has 1 aliphatic rings. The monoisotopic (exact) mass is 452 g/mol. The minimum absolute atomic E-state index is 0.381. The van der Waals surface area contributed by atoms with E-state index in [-0.39, 0.29) is 0 Å². The highest BCUT2D eigenvalue weighted by Gasteiger charge is 2.21. The van der Waals surface area contributed by atoms with Crippen LogP contribution in [-0.2, 0) is 6.61 Å². The first-order valence-corrected chi connectivity index (χ1v) is 11.2. The van der Waals surface area contributed by atoms with E-state index in [1.165, 1.54) is 19.3 Å². The standard InChI is InChI=1S/C24H28N4O3S/c1-29-20-13-18(14-21(30-2)22(20)31-16-17-9-5-3-6-10-17)15-25-28-23(26-27-24(28)32)19-11-7-4-8-12-19/h3,5-6,9-10,13-15,19H,4,7-8,11-12,16H2,1-2H3,(H,27,32)/b25-15-. The highest BCUT2D eigenvalue weighted by Crippen LogP contribution is 2.39. The summed E-state index contributed by atoms with van der Waals surface area (Å²) in [6.07, 6.45) is 7.68. The summed E-state index contributed by atoms with van der Waals surface area (Å²) in [5.41, 5.74) is 1.87. The van der Waals surface area contributed by atoms with Gasteiger partial charge in [0.25, 0.3) is 0 Å². The zero-order chi connectivity index (χ0) is 22.3. The van der Waals surface area contributed by atoms with E-state index in [2.05, 4.69) is 15.3 Å². The van der Waals surface area contributed by atoms with Crippen molar-refractivity contribution in [3.8, 4) is 17.2 Å². The highest BCUT2D eigenvalue weighted by molar-refractivity contribution is 7.71. The third-order valence-corrected chi connectivity index (χ3v) is 5.94. The molecule has 1 aromatic heterocycles. The van der Waals surface area contributed by atoms with Crippen LogP contribution in [0.15, 0.2) is 47.6 Å². The molecule has 1 heterocycles. The average Bonchev–Trinajstić information content (AvgIpc) is 3.22. The molecule has 4 rings (SSSR count). The van der Waals surface area contributed by atoms with Crippen LogP contribution in [0, 0.1) is 4.77 Å². The number of benzene rings is 2. The summed E-state index contributed by atoms with van der Waals surface area (Å²) in [7, 11) is 3.22. The van der Waals surface area contributed by atoms with Crippen molar-refractivity contribution in [2.45, 2.75) is 44.6 Å². The van der Waals surface area contributed by atoms with Gasteiger partial charge in [0.15, 0.2) is 17.3 Å². The molecule has 1 saturated carbocycles. The Hall–Kier alpha value is -3.13. The molecule has 168 valence electrons. The zero-order valence-electron chi connectivity index (χ0n) is 18.4. The van der Waals surface area contributed by atoms with Gasteiger partial charge in [-0.1, -0.05) is 49.6 Å². The smallest absolute Gasteiger partial charge is 0.216 e. The quantitative estimate of drug-likeness (QED) is 0.363. The van der Waals surface area contributed by atoms with E-state index < -0.39 is 0 Å². The molecule has 0 saturated heterocycles. The molecule has 0 atom stereocenters. The highest BCUT2D eigenvalue weighted by atomic mass is 32.1. The number of hydrogen-bond donors (Lipinski definition) is 1. The first kappa shape index (κ1) is 22.1. The summed E-state index contributed by atoms with van der Waals surface area (Å²) in [5.74, 6) is 2.98. The summed E-state index contributed by atoms with van der Waals surface area (Å²) in [5, 5.41) is 12.0. The first-order valence-electron chi connectivity index (χ1n) is 10.8. The molecular formula is C24H28N4O3S. The van der Waals surface area contributed by atoms with Crippen molar-refractivity contribution >= 4 is 18.4 Å². The van der Waals surface area contributed by atoms with Gasteiger partial charge in [0.2, 0.25) is 10.5 Å². The summed E-state index contributed by atoms with van der Waals surface area (Å²) in [6.45, 7) is 0.413. The predicted octanol–water partition coefficient (Wildman–Crippen LogP) is 5.47. The fraction of sp³-hybridized carbons (Fsp3) is 0.375. The Balaban J connectivity index is 1.59. The predicted molar refractivity (Wildman–Crippen MR) is 127 cm³/mol. The molecule has 1 fully saturated rings. The Labute approximate surface area is 193 Å². The molecule has 0 radical (unpaired) electrons. The third-order valence-electron chi connectivity index (χ3n) is 5.68. The van der Waals surface area contributed by atoms with E-state index in [9.17, 15) is 0 Å². The molecule has 8 heteroatoms. The Morgan fingerprint density at radius 1 is 1.09 bits per heavy atom. The average molecular weight is 453 g/mol. The van der Waals surface area contributed by atoms with Gasteiger partial charge in [-0.15, -0.1) is 0 Å². The van der Waals surface area contributed by atoms with Crippen molar-refractivity contribution in [3.63, 3.8) is 0 Å². The van der Waals surface area contributed by atoms with Gasteiger partial charge in [0, 0.05) is 11.5 Å². The van der Waals surface area contributed by atoms with Crippen LogP contribution in [0.4, 0.5) is 0 Å². The van der Waals surface area contributed by atoms with Crippen molar-refractivity contribution in [1.82, 2.24) is 14.9 Å². The first-order chi connectivity index (χ1) is 15.7. The van der Waals surface area contributed by atoms with Gasteiger partial charge in [-0.2, -0.15) is 14.9 Å². The maximum atomic E-state index is 6.03. The summed E-state index contributed by atoms with van der Waals surface area (Å²) in [6, 6.07) is 13.7. The zero-order valence-corrected chi connectivity index (χ0v) is 19.2. The van der Waals surface area contributed by atoms with Gasteiger partial charge in [-0.05, 0) is 42.8 Å². The molecule has 1 N–H and O–H groups in total. The van der Waals surface area contributed by atoms with Gasteiger partial charge in [0.05, 0.1) is 20.4 Å². The molecule has 0 aliphatic heterocycles. The number of aromatic amines is 1. The molecule has 1 aliphatic carbocycles. The molecule has 0 amide bonds. The van der Waals surface area contributed by atoms with Crippen LogP contribution < -0.4 is 14.2 Å². The summed E-state index contributed by atoms with van der Waals surface area (Å²) >= 11 is 5.42. The molecule has 7 nitrogen and oxygen atoms in total.